The van der Waals surface area contributed by atoms with Crippen molar-refractivity contribution in [2.24, 2.45) is 0 Å². The third-order valence-corrected chi connectivity index (χ3v) is 5.81. The van der Waals surface area contributed by atoms with Gasteiger partial charge in [-0.3, -0.25) is 0 Å². The maximum Gasteiger partial charge on any atom is 0.248 e. The molecule has 0 bridgehead atoms. The molecule has 154 valence electrons. The van der Waals surface area contributed by atoms with Gasteiger partial charge in [0.2, 0.25) is 5.92 Å². The molecule has 2 fully saturated rings. The van der Waals surface area contributed by atoms with Gasteiger partial charge in [0, 0.05) is 44.0 Å². The van der Waals surface area contributed by atoms with Crippen molar-refractivity contribution in [1.82, 2.24) is 20.1 Å². The summed E-state index contributed by atoms with van der Waals surface area (Å²) < 4.78 is 33.9. The lowest BCUT2D eigenvalue weighted by Crippen LogP contribution is -2.50. The second kappa shape index (κ2) is 8.49. The number of rotatable bonds is 6. The number of nitrogens with one attached hydrogen (secondary N) is 1. The minimum Gasteiger partial charge on any atom is -0.392 e. The topological polar surface area (TPSA) is 72.2 Å². The maximum atomic E-state index is 13.4. The van der Waals surface area contributed by atoms with E-state index < -0.39 is 12.0 Å². The first-order valence-corrected chi connectivity index (χ1v) is 10.0. The number of alkyl halides is 2. The molecular formula is C19H32F2N4O2. The first-order valence-electron chi connectivity index (χ1n) is 10.0. The van der Waals surface area contributed by atoms with E-state index in [4.69, 9.17) is 4.74 Å². The van der Waals surface area contributed by atoms with Gasteiger partial charge in [-0.15, -0.1) is 0 Å². The largest absolute Gasteiger partial charge is 0.392 e. The minimum atomic E-state index is -2.53. The van der Waals surface area contributed by atoms with Crippen molar-refractivity contribution in [1.29, 1.82) is 0 Å². The van der Waals surface area contributed by atoms with Gasteiger partial charge in [-0.1, -0.05) is 0 Å². The summed E-state index contributed by atoms with van der Waals surface area (Å²) >= 11 is 0. The number of nitrogens with zero attached hydrogens (tertiary/aromatic N) is 3. The number of aromatic nitrogens is 3. The zero-order valence-corrected chi connectivity index (χ0v) is 16.5. The molecular weight excluding hydrogens is 354 g/mol. The standard InChI is InChI=1S/C19H32F2N4O2/c1-12(2)25-18(23-17(24-25)11-27-3)13-4-5-16(26)15(10-13)22-14-6-8-19(20,21)9-7-14/h12-16,22,26H,4-11H2,1-3H3/t13-,15+,16+/m0/s1. The highest BCUT2D eigenvalue weighted by Crippen LogP contribution is 2.36. The summed E-state index contributed by atoms with van der Waals surface area (Å²) in [5.41, 5.74) is 0. The van der Waals surface area contributed by atoms with Gasteiger partial charge in [-0.25, -0.2) is 18.4 Å². The van der Waals surface area contributed by atoms with Crippen LogP contribution in [0.5, 0.6) is 0 Å². The molecule has 0 radical (unpaired) electrons. The van der Waals surface area contributed by atoms with Crippen molar-refractivity contribution in [3.05, 3.63) is 11.6 Å². The summed E-state index contributed by atoms with van der Waals surface area (Å²) in [4.78, 5) is 4.69. The molecule has 1 aromatic rings. The smallest absolute Gasteiger partial charge is 0.248 e. The maximum absolute atomic E-state index is 13.4. The van der Waals surface area contributed by atoms with Crippen LogP contribution in [0.25, 0.3) is 0 Å². The van der Waals surface area contributed by atoms with E-state index in [-0.39, 0.29) is 36.9 Å². The zero-order valence-electron chi connectivity index (χ0n) is 16.5. The normalized spacial score (nSPS) is 29.4. The number of methoxy groups -OCH3 is 1. The molecule has 1 heterocycles. The van der Waals surface area contributed by atoms with Gasteiger partial charge in [-0.05, 0) is 46.0 Å². The van der Waals surface area contributed by atoms with Crippen molar-refractivity contribution in [3.63, 3.8) is 0 Å². The fourth-order valence-corrected chi connectivity index (χ4v) is 4.31. The molecule has 0 amide bonds. The molecule has 2 aliphatic rings. The van der Waals surface area contributed by atoms with E-state index >= 15 is 0 Å². The van der Waals surface area contributed by atoms with Crippen molar-refractivity contribution in [2.45, 2.75) is 101 Å². The zero-order chi connectivity index (χ0) is 19.6. The molecule has 0 aromatic carbocycles. The van der Waals surface area contributed by atoms with Crippen LogP contribution in [0.4, 0.5) is 8.78 Å². The molecule has 2 aliphatic carbocycles. The van der Waals surface area contributed by atoms with Gasteiger partial charge >= 0.3 is 0 Å². The highest BCUT2D eigenvalue weighted by molar-refractivity contribution is 5.06. The van der Waals surface area contributed by atoms with Crippen LogP contribution in [0.15, 0.2) is 0 Å². The Labute approximate surface area is 159 Å². The molecule has 8 heteroatoms. The molecule has 27 heavy (non-hydrogen) atoms. The van der Waals surface area contributed by atoms with Crippen LogP contribution >= 0.6 is 0 Å². The Balaban J connectivity index is 1.68. The SMILES string of the molecule is COCc1nc([C@H]2CC[C@@H](O)[C@H](NC3CCC(F)(F)CC3)C2)n(C(C)C)n1. The lowest BCUT2D eigenvalue weighted by Gasteiger charge is -2.38. The van der Waals surface area contributed by atoms with Crippen molar-refractivity contribution >= 4 is 0 Å². The van der Waals surface area contributed by atoms with E-state index in [1.807, 2.05) is 4.68 Å². The summed E-state index contributed by atoms with van der Waals surface area (Å²) in [7, 11) is 1.63. The molecule has 1 aromatic heterocycles. The van der Waals surface area contributed by atoms with E-state index in [0.29, 0.717) is 31.7 Å². The predicted octanol–water partition coefficient (Wildman–Crippen LogP) is 3.17. The summed E-state index contributed by atoms with van der Waals surface area (Å²) in [5.74, 6) is -0.731. The van der Waals surface area contributed by atoms with Crippen LogP contribution < -0.4 is 5.32 Å². The number of hydrogen-bond acceptors (Lipinski definition) is 5. The molecule has 2 N–H and O–H groups in total. The van der Waals surface area contributed by atoms with Crippen LogP contribution in [0.2, 0.25) is 0 Å². The summed E-state index contributed by atoms with van der Waals surface area (Å²) in [6.45, 7) is 4.52. The van der Waals surface area contributed by atoms with E-state index in [1.165, 1.54) is 0 Å². The quantitative estimate of drug-likeness (QED) is 0.786. The number of ether oxygens (including phenoxy) is 1. The molecule has 0 spiro atoms. The van der Waals surface area contributed by atoms with Crippen molar-refractivity contribution in [3.8, 4) is 0 Å². The van der Waals surface area contributed by atoms with Crippen LogP contribution in [0.1, 0.15) is 82.4 Å². The summed E-state index contributed by atoms with van der Waals surface area (Å²) in [6.07, 6.45) is 2.60. The minimum absolute atomic E-state index is 0.0510. The molecule has 0 saturated heterocycles. The summed E-state index contributed by atoms with van der Waals surface area (Å²) in [6, 6.07) is 0.149. The lowest BCUT2D eigenvalue weighted by atomic mass is 9.82. The number of halogens is 2. The van der Waals surface area contributed by atoms with Gasteiger partial charge in [-0.2, -0.15) is 5.10 Å². The third-order valence-electron chi connectivity index (χ3n) is 5.81. The number of aliphatic hydroxyl groups is 1. The van der Waals surface area contributed by atoms with E-state index in [1.54, 1.807) is 7.11 Å². The van der Waals surface area contributed by atoms with Gasteiger partial charge in [0.15, 0.2) is 5.82 Å². The van der Waals surface area contributed by atoms with E-state index in [9.17, 15) is 13.9 Å². The number of aliphatic hydroxyl groups excluding tert-OH is 1. The average molecular weight is 386 g/mol. The first kappa shape index (κ1) is 20.6. The van der Waals surface area contributed by atoms with Crippen LogP contribution in [0.3, 0.4) is 0 Å². The molecule has 3 rings (SSSR count). The van der Waals surface area contributed by atoms with Gasteiger partial charge in [0.1, 0.15) is 12.4 Å². The van der Waals surface area contributed by atoms with E-state index in [2.05, 4.69) is 29.2 Å². The van der Waals surface area contributed by atoms with Gasteiger partial charge in [0.05, 0.1) is 6.10 Å². The van der Waals surface area contributed by atoms with Gasteiger partial charge in [0.25, 0.3) is 0 Å². The van der Waals surface area contributed by atoms with E-state index in [0.717, 1.165) is 18.7 Å². The molecule has 2 saturated carbocycles. The predicted molar refractivity (Wildman–Crippen MR) is 97.8 cm³/mol. The highest BCUT2D eigenvalue weighted by atomic mass is 19.3. The Hall–Kier alpha value is -1.12. The lowest BCUT2D eigenvalue weighted by molar-refractivity contribution is -0.0437. The fraction of sp³-hybridized carbons (Fsp3) is 0.895. The first-order chi connectivity index (χ1) is 12.8. The van der Waals surface area contributed by atoms with Crippen molar-refractivity contribution < 1.29 is 18.6 Å². The third kappa shape index (κ3) is 5.03. The Morgan fingerprint density at radius 1 is 1.26 bits per heavy atom. The van der Waals surface area contributed by atoms with Crippen molar-refractivity contribution in [2.75, 3.05) is 7.11 Å². The second-order valence-corrected chi connectivity index (χ2v) is 8.34. The fourth-order valence-electron chi connectivity index (χ4n) is 4.31. The Morgan fingerprint density at radius 3 is 2.59 bits per heavy atom. The Bertz CT molecular complexity index is 613. The highest BCUT2D eigenvalue weighted by Gasteiger charge is 2.38. The van der Waals surface area contributed by atoms with Crippen LogP contribution in [0, 0.1) is 0 Å². The Morgan fingerprint density at radius 2 is 1.96 bits per heavy atom. The summed E-state index contributed by atoms with van der Waals surface area (Å²) in [5, 5.41) is 18.5. The van der Waals surface area contributed by atoms with Crippen LogP contribution in [-0.4, -0.2) is 51.1 Å². The average Bonchev–Trinajstić information content (AvgIpc) is 3.03. The second-order valence-electron chi connectivity index (χ2n) is 8.34. The molecule has 0 unspecified atom stereocenters. The van der Waals surface area contributed by atoms with Gasteiger partial charge < -0.3 is 15.2 Å². The monoisotopic (exact) mass is 386 g/mol. The molecule has 0 aliphatic heterocycles. The molecule has 6 nitrogen and oxygen atoms in total. The number of hydrogen-bond donors (Lipinski definition) is 2. The Kier molecular flexibility index (Phi) is 6.48. The molecule has 3 atom stereocenters. The van der Waals surface area contributed by atoms with Crippen LogP contribution in [-0.2, 0) is 11.3 Å².